The van der Waals surface area contributed by atoms with Crippen molar-refractivity contribution in [3.63, 3.8) is 0 Å². The zero-order valence-corrected chi connectivity index (χ0v) is 16.7. The van der Waals surface area contributed by atoms with Gasteiger partial charge in [0.25, 0.3) is 11.8 Å². The van der Waals surface area contributed by atoms with E-state index in [4.69, 9.17) is 4.74 Å². The molecule has 1 fully saturated rings. The number of hydrogen-bond donors (Lipinski definition) is 2. The fourth-order valence-electron chi connectivity index (χ4n) is 3.75. The minimum absolute atomic E-state index is 0.0737. The molecule has 0 aliphatic carbocycles. The molecule has 4 heterocycles. The number of rotatable bonds is 6. The van der Waals surface area contributed by atoms with Crippen molar-refractivity contribution in [2.45, 2.75) is 6.04 Å². The molecule has 1 saturated heterocycles. The number of carbonyl (C=O) groups excluding carboxylic acids is 3. The quantitative estimate of drug-likeness (QED) is 0.656. The van der Waals surface area contributed by atoms with Crippen molar-refractivity contribution >= 4 is 29.2 Å². The molecule has 0 spiro atoms. The molecule has 9 nitrogen and oxygen atoms in total. The molecule has 10 heteroatoms. The van der Waals surface area contributed by atoms with Gasteiger partial charge in [-0.25, -0.2) is 9.80 Å². The van der Waals surface area contributed by atoms with Crippen LogP contribution in [0.5, 0.6) is 0 Å². The lowest BCUT2D eigenvalue weighted by atomic mass is 9.98. The number of hydrogen-bond acceptors (Lipinski definition) is 6. The average molecular weight is 417 g/mol. The highest BCUT2D eigenvalue weighted by Gasteiger charge is 2.44. The molecule has 29 heavy (non-hydrogen) atoms. The Hall–Kier alpha value is -2.69. The summed E-state index contributed by atoms with van der Waals surface area (Å²) in [5, 5.41) is 8.53. The Morgan fingerprint density at radius 1 is 1.38 bits per heavy atom. The van der Waals surface area contributed by atoms with Crippen molar-refractivity contribution in [2.75, 3.05) is 45.9 Å². The summed E-state index contributed by atoms with van der Waals surface area (Å²) >= 11 is 1.50. The molecule has 1 unspecified atom stereocenters. The maximum atomic E-state index is 13.2. The molecule has 0 bridgehead atoms. The number of carbonyl (C=O) groups is 3. The molecule has 4 amide bonds. The van der Waals surface area contributed by atoms with Gasteiger partial charge >= 0.3 is 6.03 Å². The van der Waals surface area contributed by atoms with Crippen LogP contribution in [0.2, 0.25) is 0 Å². The van der Waals surface area contributed by atoms with Crippen molar-refractivity contribution in [1.29, 1.82) is 0 Å². The van der Waals surface area contributed by atoms with Gasteiger partial charge in [0.2, 0.25) is 0 Å². The van der Waals surface area contributed by atoms with E-state index in [2.05, 4.69) is 17.3 Å². The summed E-state index contributed by atoms with van der Waals surface area (Å²) in [7, 11) is 0. The second kappa shape index (κ2) is 8.36. The van der Waals surface area contributed by atoms with E-state index < -0.39 is 6.04 Å². The van der Waals surface area contributed by atoms with E-state index >= 15 is 0 Å². The summed E-state index contributed by atoms with van der Waals surface area (Å²) < 4.78 is 5.27. The number of thiophene rings is 1. The molecule has 3 aliphatic rings. The topological polar surface area (TPSA) is 94.2 Å². The van der Waals surface area contributed by atoms with Crippen LogP contribution in [0.1, 0.15) is 11.6 Å². The summed E-state index contributed by atoms with van der Waals surface area (Å²) in [5.74, 6) is -0.496. The number of hydrazine groups is 1. The summed E-state index contributed by atoms with van der Waals surface area (Å²) in [5.41, 5.74) is 4.84. The number of nitrogens with zero attached hydrogens (tertiary/aromatic N) is 3. The van der Waals surface area contributed by atoms with Crippen LogP contribution in [-0.4, -0.2) is 78.6 Å². The molecule has 3 aliphatic heterocycles. The lowest BCUT2D eigenvalue weighted by Crippen LogP contribution is -2.51. The molecule has 1 aromatic rings. The zero-order chi connectivity index (χ0) is 20.4. The highest BCUT2D eigenvalue weighted by atomic mass is 32.1. The third-order valence-corrected chi connectivity index (χ3v) is 5.81. The van der Waals surface area contributed by atoms with Crippen LogP contribution in [0.3, 0.4) is 0 Å². The van der Waals surface area contributed by atoms with Crippen LogP contribution in [0.25, 0.3) is 0 Å². The molecule has 0 radical (unpaired) electrons. The van der Waals surface area contributed by atoms with Crippen LogP contribution in [0, 0.1) is 0 Å². The van der Waals surface area contributed by atoms with E-state index in [0.717, 1.165) is 5.56 Å². The monoisotopic (exact) mass is 417 g/mol. The van der Waals surface area contributed by atoms with Crippen LogP contribution in [0.4, 0.5) is 4.79 Å². The third-order valence-electron chi connectivity index (χ3n) is 5.11. The van der Waals surface area contributed by atoms with Crippen LogP contribution in [0.15, 0.2) is 40.8 Å². The lowest BCUT2D eigenvalue weighted by molar-refractivity contribution is -0.135. The second-order valence-electron chi connectivity index (χ2n) is 6.99. The first-order valence-electron chi connectivity index (χ1n) is 9.44. The Bertz CT molecular complexity index is 847. The van der Waals surface area contributed by atoms with Gasteiger partial charge in [-0.05, 0) is 22.4 Å². The molecule has 0 aromatic carbocycles. The highest BCUT2D eigenvalue weighted by Crippen LogP contribution is 2.36. The van der Waals surface area contributed by atoms with E-state index in [1.54, 1.807) is 11.1 Å². The number of ether oxygens (including phenoxy) is 1. The Balaban J connectivity index is 1.52. The number of nitrogens with one attached hydrogen (secondary N) is 2. The lowest BCUT2D eigenvalue weighted by Gasteiger charge is -2.32. The zero-order valence-electron chi connectivity index (χ0n) is 15.9. The molecule has 4 rings (SSSR count). The number of morpholine rings is 1. The van der Waals surface area contributed by atoms with Gasteiger partial charge in [-0.3, -0.25) is 19.9 Å². The van der Waals surface area contributed by atoms with Gasteiger partial charge < -0.3 is 15.0 Å². The minimum atomic E-state index is -0.510. The van der Waals surface area contributed by atoms with Crippen molar-refractivity contribution in [1.82, 2.24) is 25.6 Å². The van der Waals surface area contributed by atoms with Crippen molar-refractivity contribution in [3.8, 4) is 0 Å². The molecule has 1 aromatic heterocycles. The van der Waals surface area contributed by atoms with Crippen LogP contribution < -0.4 is 10.7 Å². The van der Waals surface area contributed by atoms with Crippen molar-refractivity contribution in [3.05, 3.63) is 46.3 Å². The molecule has 0 saturated carbocycles. The van der Waals surface area contributed by atoms with Gasteiger partial charge in [-0.15, -0.1) is 6.58 Å². The summed E-state index contributed by atoms with van der Waals surface area (Å²) in [6, 6.07) is 1.11. The van der Waals surface area contributed by atoms with Crippen molar-refractivity contribution < 1.29 is 19.1 Å². The molecular formula is C19H23N5O4S. The summed E-state index contributed by atoms with van der Waals surface area (Å²) in [6.07, 6.45) is 1.62. The highest BCUT2D eigenvalue weighted by molar-refractivity contribution is 7.08. The van der Waals surface area contributed by atoms with Gasteiger partial charge in [0.1, 0.15) is 6.54 Å². The predicted molar refractivity (Wildman–Crippen MR) is 107 cm³/mol. The Labute approximate surface area is 172 Å². The maximum absolute atomic E-state index is 13.2. The molecule has 2 N–H and O–H groups in total. The molecule has 1 atom stereocenters. The Morgan fingerprint density at radius 3 is 2.86 bits per heavy atom. The number of amides is 4. The van der Waals surface area contributed by atoms with Gasteiger partial charge in [-0.1, -0.05) is 6.08 Å². The van der Waals surface area contributed by atoms with Gasteiger partial charge in [0.15, 0.2) is 0 Å². The Morgan fingerprint density at radius 2 is 2.17 bits per heavy atom. The number of urea groups is 1. The molecule has 154 valence electrons. The minimum Gasteiger partial charge on any atom is -0.379 e. The van der Waals surface area contributed by atoms with Gasteiger partial charge in [0, 0.05) is 19.6 Å². The predicted octanol–water partition coefficient (Wildman–Crippen LogP) is 0.460. The van der Waals surface area contributed by atoms with Gasteiger partial charge in [-0.2, -0.15) is 11.3 Å². The van der Waals surface area contributed by atoms with Crippen LogP contribution >= 0.6 is 11.3 Å². The first kappa shape index (κ1) is 19.6. The standard InChI is InChI=1S/C19H23N5O4S/c1-2-4-24-14-10-22(11-15(25)21-23-5-7-28-8-6-23)18(26)16(14)17(20-19(24)27)13-3-9-29-12-13/h2-3,9,12,17H,1,4-8,10-11H2,(H,20,27)(H,21,25). The largest absolute Gasteiger partial charge is 0.379 e. The second-order valence-corrected chi connectivity index (χ2v) is 7.77. The Kier molecular flexibility index (Phi) is 5.65. The SMILES string of the molecule is C=CCN1C(=O)NC(c2ccsc2)C2=C1CN(CC(=O)NN1CCOCC1)C2=O. The van der Waals surface area contributed by atoms with E-state index in [1.807, 2.05) is 16.8 Å². The summed E-state index contributed by atoms with van der Waals surface area (Å²) in [4.78, 5) is 41.3. The molecular weight excluding hydrogens is 394 g/mol. The van der Waals surface area contributed by atoms with Gasteiger partial charge in [0.05, 0.1) is 37.1 Å². The normalized spacial score (nSPS) is 22.6. The first-order valence-corrected chi connectivity index (χ1v) is 10.4. The van der Waals surface area contributed by atoms with Crippen molar-refractivity contribution in [2.24, 2.45) is 0 Å². The maximum Gasteiger partial charge on any atom is 0.322 e. The third kappa shape index (κ3) is 3.91. The summed E-state index contributed by atoms with van der Waals surface area (Å²) in [6.45, 7) is 6.48. The van der Waals surface area contributed by atoms with E-state index in [-0.39, 0.29) is 30.9 Å². The fourth-order valence-corrected chi connectivity index (χ4v) is 4.43. The van der Waals surface area contributed by atoms with Crippen LogP contribution in [-0.2, 0) is 14.3 Å². The van der Waals surface area contributed by atoms with E-state index in [1.165, 1.54) is 21.1 Å². The smallest absolute Gasteiger partial charge is 0.322 e. The first-order chi connectivity index (χ1) is 14.1. The van der Waals surface area contributed by atoms with E-state index in [9.17, 15) is 14.4 Å². The van der Waals surface area contributed by atoms with E-state index in [0.29, 0.717) is 44.1 Å². The fraction of sp³-hybridized carbons (Fsp3) is 0.421. The average Bonchev–Trinajstić information content (AvgIpc) is 3.34.